The molecule has 0 spiro atoms. The molecule has 0 aliphatic rings. The van der Waals surface area contributed by atoms with Gasteiger partial charge in [0.05, 0.1) is 17.9 Å². The summed E-state index contributed by atoms with van der Waals surface area (Å²) in [6.45, 7) is 2.52. The number of hydrogen-bond donors (Lipinski definition) is 0. The average Bonchev–Trinajstić information content (AvgIpc) is 3.28. The van der Waals surface area contributed by atoms with E-state index in [-0.39, 0.29) is 0 Å². The number of pyridine rings is 1. The Labute approximate surface area is 148 Å². The van der Waals surface area contributed by atoms with E-state index in [2.05, 4.69) is 20.3 Å². The molecule has 3 aromatic heterocycles. The number of nitrogens with zero attached hydrogens (tertiary/aromatic N) is 5. The molecule has 0 atom stereocenters. The summed E-state index contributed by atoms with van der Waals surface area (Å²) in [5.74, 6) is 2.30. The molecule has 8 heteroatoms. The Kier molecular flexibility index (Phi) is 4.34. The van der Waals surface area contributed by atoms with Gasteiger partial charge in [-0.3, -0.25) is 4.40 Å². The van der Waals surface area contributed by atoms with E-state index in [1.54, 1.807) is 0 Å². The molecular formula is C17H15N5O2S. The summed E-state index contributed by atoms with van der Waals surface area (Å²) in [6.07, 6.45) is 1.93. The van der Waals surface area contributed by atoms with Crippen LogP contribution < -0.4 is 4.74 Å². The second-order valence-corrected chi connectivity index (χ2v) is 6.08. The Morgan fingerprint density at radius 3 is 2.92 bits per heavy atom. The average molecular weight is 353 g/mol. The molecule has 1 aromatic carbocycles. The fourth-order valence-corrected chi connectivity index (χ4v) is 3.16. The molecule has 0 saturated carbocycles. The van der Waals surface area contributed by atoms with Gasteiger partial charge in [-0.2, -0.15) is 4.98 Å². The summed E-state index contributed by atoms with van der Waals surface area (Å²) >= 11 is 1.49. The maximum atomic E-state index is 5.62. The summed E-state index contributed by atoms with van der Waals surface area (Å²) in [4.78, 5) is 4.47. The molecule has 0 aliphatic heterocycles. The standard InChI is InChI=1S/C17H15N5O2S/c1-2-23-13-8-4-3-7-12(13)16-18-15(24-21-16)11-25-17-20-19-14-9-5-6-10-22(14)17/h3-10H,2,11H2,1H3. The van der Waals surface area contributed by atoms with E-state index in [9.17, 15) is 0 Å². The zero-order chi connectivity index (χ0) is 17.1. The highest BCUT2D eigenvalue weighted by molar-refractivity contribution is 7.98. The number of fused-ring (bicyclic) bond motifs is 1. The van der Waals surface area contributed by atoms with Crippen LogP contribution in [0.1, 0.15) is 12.8 Å². The van der Waals surface area contributed by atoms with Gasteiger partial charge < -0.3 is 9.26 Å². The number of benzene rings is 1. The first-order valence-corrected chi connectivity index (χ1v) is 8.81. The molecule has 0 unspecified atom stereocenters. The smallest absolute Gasteiger partial charge is 0.237 e. The predicted molar refractivity (Wildman–Crippen MR) is 93.5 cm³/mol. The Balaban J connectivity index is 1.52. The Morgan fingerprint density at radius 1 is 1.12 bits per heavy atom. The molecule has 0 fully saturated rings. The number of thioether (sulfide) groups is 1. The van der Waals surface area contributed by atoms with Crippen LogP contribution >= 0.6 is 11.8 Å². The molecule has 4 rings (SSSR count). The van der Waals surface area contributed by atoms with Crippen LogP contribution in [0.2, 0.25) is 0 Å². The van der Waals surface area contributed by atoms with E-state index in [1.165, 1.54) is 11.8 Å². The molecule has 4 aromatic rings. The third-order valence-electron chi connectivity index (χ3n) is 3.50. The number of aromatic nitrogens is 5. The van der Waals surface area contributed by atoms with E-state index in [0.29, 0.717) is 24.1 Å². The van der Waals surface area contributed by atoms with Gasteiger partial charge in [0.25, 0.3) is 0 Å². The van der Waals surface area contributed by atoms with Crippen molar-refractivity contribution >= 4 is 17.4 Å². The van der Waals surface area contributed by atoms with E-state index in [4.69, 9.17) is 9.26 Å². The Bertz CT molecular complexity index is 997. The fourth-order valence-electron chi connectivity index (χ4n) is 2.40. The van der Waals surface area contributed by atoms with Crippen molar-refractivity contribution in [1.82, 2.24) is 24.7 Å². The van der Waals surface area contributed by atoms with Crippen molar-refractivity contribution in [3.05, 3.63) is 54.6 Å². The Hall–Kier alpha value is -2.87. The van der Waals surface area contributed by atoms with Crippen LogP contribution in [-0.4, -0.2) is 31.3 Å². The maximum absolute atomic E-state index is 5.62. The lowest BCUT2D eigenvalue weighted by Gasteiger charge is -2.05. The van der Waals surface area contributed by atoms with Gasteiger partial charge in [-0.25, -0.2) is 0 Å². The van der Waals surface area contributed by atoms with Gasteiger partial charge in [0, 0.05) is 6.20 Å². The monoisotopic (exact) mass is 353 g/mol. The first-order chi connectivity index (χ1) is 12.3. The highest BCUT2D eigenvalue weighted by atomic mass is 32.2. The molecule has 0 aliphatic carbocycles. The molecular weight excluding hydrogens is 338 g/mol. The third kappa shape index (κ3) is 3.20. The van der Waals surface area contributed by atoms with Crippen LogP contribution in [0.3, 0.4) is 0 Å². The number of hydrogen-bond acceptors (Lipinski definition) is 7. The van der Waals surface area contributed by atoms with E-state index in [1.807, 2.05) is 60.0 Å². The molecule has 25 heavy (non-hydrogen) atoms. The summed E-state index contributed by atoms with van der Waals surface area (Å²) in [5, 5.41) is 13.2. The van der Waals surface area contributed by atoms with Crippen LogP contribution in [0, 0.1) is 0 Å². The van der Waals surface area contributed by atoms with Gasteiger partial charge in [-0.1, -0.05) is 35.1 Å². The molecule has 126 valence electrons. The van der Waals surface area contributed by atoms with Crippen LogP contribution in [0.15, 0.2) is 58.3 Å². The molecule has 3 heterocycles. The minimum Gasteiger partial charge on any atom is -0.493 e. The molecule has 0 N–H and O–H groups in total. The molecule has 0 amide bonds. The van der Waals surface area contributed by atoms with Gasteiger partial charge in [0.1, 0.15) is 5.75 Å². The Morgan fingerprint density at radius 2 is 2.00 bits per heavy atom. The van der Waals surface area contributed by atoms with Gasteiger partial charge >= 0.3 is 0 Å². The summed E-state index contributed by atoms with van der Waals surface area (Å²) in [6, 6.07) is 13.4. The molecule has 0 radical (unpaired) electrons. The van der Waals surface area contributed by atoms with Crippen molar-refractivity contribution in [3.63, 3.8) is 0 Å². The van der Waals surface area contributed by atoms with Gasteiger partial charge in [-0.05, 0) is 31.2 Å². The first kappa shape index (κ1) is 15.6. The summed E-state index contributed by atoms with van der Waals surface area (Å²) in [7, 11) is 0. The summed E-state index contributed by atoms with van der Waals surface area (Å²) in [5.41, 5.74) is 1.62. The molecule has 0 bridgehead atoms. The van der Waals surface area contributed by atoms with Crippen molar-refractivity contribution in [2.24, 2.45) is 0 Å². The van der Waals surface area contributed by atoms with Crippen LogP contribution in [-0.2, 0) is 5.75 Å². The SMILES string of the molecule is CCOc1ccccc1-c1noc(CSc2nnc3ccccn23)n1. The highest BCUT2D eigenvalue weighted by Crippen LogP contribution is 2.28. The normalized spacial score (nSPS) is 11.1. The van der Waals surface area contributed by atoms with Crippen molar-refractivity contribution in [2.45, 2.75) is 17.8 Å². The number of ether oxygens (including phenoxy) is 1. The molecule has 0 saturated heterocycles. The van der Waals surface area contributed by atoms with Crippen LogP contribution in [0.5, 0.6) is 5.75 Å². The third-order valence-corrected chi connectivity index (χ3v) is 4.43. The number of rotatable bonds is 6. The van der Waals surface area contributed by atoms with Crippen molar-refractivity contribution in [3.8, 4) is 17.1 Å². The second kappa shape index (κ2) is 6.94. The van der Waals surface area contributed by atoms with Crippen LogP contribution in [0.25, 0.3) is 17.0 Å². The van der Waals surface area contributed by atoms with Crippen molar-refractivity contribution in [1.29, 1.82) is 0 Å². The predicted octanol–water partition coefficient (Wildman–Crippen LogP) is 3.47. The van der Waals surface area contributed by atoms with Gasteiger partial charge in [0.2, 0.25) is 11.7 Å². The number of para-hydroxylation sites is 1. The lowest BCUT2D eigenvalue weighted by Crippen LogP contribution is -1.94. The van der Waals surface area contributed by atoms with Gasteiger partial charge in [-0.15, -0.1) is 10.2 Å². The minimum atomic E-state index is 0.513. The first-order valence-electron chi connectivity index (χ1n) is 7.82. The van der Waals surface area contributed by atoms with Crippen molar-refractivity contribution in [2.75, 3.05) is 6.61 Å². The zero-order valence-corrected chi connectivity index (χ0v) is 14.3. The summed E-state index contributed by atoms with van der Waals surface area (Å²) < 4.78 is 12.9. The lowest BCUT2D eigenvalue weighted by atomic mass is 10.2. The zero-order valence-electron chi connectivity index (χ0n) is 13.5. The largest absolute Gasteiger partial charge is 0.493 e. The minimum absolute atomic E-state index is 0.513. The van der Waals surface area contributed by atoms with Crippen molar-refractivity contribution < 1.29 is 9.26 Å². The maximum Gasteiger partial charge on any atom is 0.237 e. The second-order valence-electron chi connectivity index (χ2n) is 5.14. The fraction of sp³-hybridized carbons (Fsp3) is 0.176. The lowest BCUT2D eigenvalue weighted by molar-refractivity contribution is 0.341. The topological polar surface area (TPSA) is 78.3 Å². The highest BCUT2D eigenvalue weighted by Gasteiger charge is 2.14. The van der Waals surface area contributed by atoms with E-state index >= 15 is 0 Å². The van der Waals surface area contributed by atoms with E-state index in [0.717, 1.165) is 22.1 Å². The van der Waals surface area contributed by atoms with Crippen LogP contribution in [0.4, 0.5) is 0 Å². The molecule has 7 nitrogen and oxygen atoms in total. The quantitative estimate of drug-likeness (QED) is 0.491. The van der Waals surface area contributed by atoms with Gasteiger partial charge in [0.15, 0.2) is 10.8 Å². The van der Waals surface area contributed by atoms with E-state index < -0.39 is 0 Å².